The molecular weight excluding hydrogens is 329 g/mol. The van der Waals surface area contributed by atoms with Gasteiger partial charge in [0.15, 0.2) is 0 Å². The number of hydrogen-bond donors (Lipinski definition) is 1. The van der Waals surface area contributed by atoms with E-state index in [2.05, 4.69) is 37.4 Å². The van der Waals surface area contributed by atoms with Gasteiger partial charge in [-0.2, -0.15) is 0 Å². The summed E-state index contributed by atoms with van der Waals surface area (Å²) in [6, 6.07) is 11.6. The Kier molecular flexibility index (Phi) is 6.09. The van der Waals surface area contributed by atoms with E-state index in [1.54, 1.807) is 18.2 Å². The molecule has 122 valence electrons. The van der Waals surface area contributed by atoms with Gasteiger partial charge >= 0.3 is 0 Å². The van der Waals surface area contributed by atoms with E-state index >= 15 is 0 Å². The molecule has 0 aromatic heterocycles. The lowest BCUT2D eigenvalue weighted by molar-refractivity contribution is -0.121. The van der Waals surface area contributed by atoms with Crippen LogP contribution in [0.25, 0.3) is 0 Å². The van der Waals surface area contributed by atoms with E-state index in [0.717, 1.165) is 11.1 Å². The highest BCUT2D eigenvalue weighted by Gasteiger charge is 2.12. The van der Waals surface area contributed by atoms with Gasteiger partial charge in [0.2, 0.25) is 5.91 Å². The number of aryl methyl sites for hydroxylation is 2. The summed E-state index contributed by atoms with van der Waals surface area (Å²) >= 11 is 12.3. The molecule has 0 saturated carbocycles. The smallest absolute Gasteiger partial charge is 0.220 e. The summed E-state index contributed by atoms with van der Waals surface area (Å²) < 4.78 is 0. The van der Waals surface area contributed by atoms with E-state index in [1.807, 2.05) is 6.92 Å². The Labute approximate surface area is 147 Å². The zero-order valence-electron chi connectivity index (χ0n) is 13.6. The van der Waals surface area contributed by atoms with Gasteiger partial charge < -0.3 is 5.32 Å². The molecule has 2 rings (SSSR count). The fourth-order valence-corrected chi connectivity index (χ4v) is 3.03. The summed E-state index contributed by atoms with van der Waals surface area (Å²) in [4.78, 5) is 12.2. The number of amides is 1. The van der Waals surface area contributed by atoms with Crippen LogP contribution >= 0.6 is 23.2 Å². The molecule has 2 nitrogen and oxygen atoms in total. The van der Waals surface area contributed by atoms with Gasteiger partial charge in [-0.3, -0.25) is 4.79 Å². The quantitative estimate of drug-likeness (QED) is 0.766. The summed E-state index contributed by atoms with van der Waals surface area (Å²) in [7, 11) is 0. The van der Waals surface area contributed by atoms with Crippen LogP contribution in [0.4, 0.5) is 0 Å². The Hall–Kier alpha value is -1.51. The van der Waals surface area contributed by atoms with Crippen LogP contribution in [0.1, 0.15) is 41.6 Å². The van der Waals surface area contributed by atoms with Gasteiger partial charge in [0.25, 0.3) is 0 Å². The number of hydrogen-bond acceptors (Lipinski definition) is 1. The van der Waals surface area contributed by atoms with Crippen molar-refractivity contribution < 1.29 is 4.79 Å². The van der Waals surface area contributed by atoms with Gasteiger partial charge in [0.1, 0.15) is 0 Å². The molecule has 23 heavy (non-hydrogen) atoms. The minimum absolute atomic E-state index is 0.00767. The molecule has 1 amide bonds. The molecule has 1 N–H and O–H groups in total. The first-order valence-corrected chi connectivity index (χ1v) is 8.43. The van der Waals surface area contributed by atoms with E-state index in [1.165, 1.54) is 11.1 Å². The van der Waals surface area contributed by atoms with Crippen LogP contribution in [0.2, 0.25) is 10.0 Å². The molecule has 0 aliphatic heterocycles. The molecule has 2 aromatic carbocycles. The Bertz CT molecular complexity index is 692. The number of carbonyl (C=O) groups excluding carboxylic acids is 1. The first-order valence-electron chi connectivity index (χ1n) is 7.68. The van der Waals surface area contributed by atoms with E-state index in [4.69, 9.17) is 23.2 Å². The fraction of sp³-hybridized carbons (Fsp3) is 0.316. The summed E-state index contributed by atoms with van der Waals surface area (Å²) in [6.07, 6.45) is 0.891. The molecule has 4 heteroatoms. The molecule has 0 heterocycles. The monoisotopic (exact) mass is 349 g/mol. The van der Waals surface area contributed by atoms with Gasteiger partial charge in [0.05, 0.1) is 6.04 Å². The van der Waals surface area contributed by atoms with Crippen LogP contribution in [-0.4, -0.2) is 5.91 Å². The Morgan fingerprint density at radius 1 is 1.09 bits per heavy atom. The van der Waals surface area contributed by atoms with E-state index in [0.29, 0.717) is 22.9 Å². The lowest BCUT2D eigenvalue weighted by Crippen LogP contribution is -2.27. The van der Waals surface area contributed by atoms with Crippen LogP contribution in [0.3, 0.4) is 0 Å². The number of rotatable bonds is 5. The third-order valence-electron chi connectivity index (χ3n) is 4.07. The number of halogens is 2. The van der Waals surface area contributed by atoms with Crippen molar-refractivity contribution in [3.63, 3.8) is 0 Å². The predicted octanol–water partition coefficient (Wildman–Crippen LogP) is 5.42. The van der Waals surface area contributed by atoms with Crippen LogP contribution in [0.5, 0.6) is 0 Å². The van der Waals surface area contributed by atoms with Crippen LogP contribution in [-0.2, 0) is 11.2 Å². The predicted molar refractivity (Wildman–Crippen MR) is 97.3 cm³/mol. The van der Waals surface area contributed by atoms with Gasteiger partial charge in [-0.1, -0.05) is 47.5 Å². The highest BCUT2D eigenvalue weighted by atomic mass is 35.5. The molecule has 2 aromatic rings. The molecule has 0 fully saturated rings. The zero-order valence-corrected chi connectivity index (χ0v) is 15.1. The number of carbonyl (C=O) groups is 1. The van der Waals surface area contributed by atoms with Crippen molar-refractivity contribution in [2.24, 2.45) is 0 Å². The third kappa shape index (κ3) is 4.73. The third-order valence-corrected chi connectivity index (χ3v) is 4.78. The molecule has 1 atom stereocenters. The summed E-state index contributed by atoms with van der Waals surface area (Å²) in [5.41, 5.74) is 4.41. The summed E-state index contributed by atoms with van der Waals surface area (Å²) in [6.45, 7) is 6.15. The normalized spacial score (nSPS) is 12.0. The zero-order chi connectivity index (χ0) is 17.0. The topological polar surface area (TPSA) is 29.1 Å². The Morgan fingerprint density at radius 3 is 2.35 bits per heavy atom. The second-order valence-corrected chi connectivity index (χ2v) is 6.65. The molecule has 0 unspecified atom stereocenters. The number of nitrogens with one attached hydrogen (secondary N) is 1. The first kappa shape index (κ1) is 17.8. The summed E-state index contributed by atoms with van der Waals surface area (Å²) in [5.74, 6) is -0.00767. The first-order chi connectivity index (χ1) is 10.9. The minimum atomic E-state index is -0.0245. The largest absolute Gasteiger partial charge is 0.350 e. The lowest BCUT2D eigenvalue weighted by Gasteiger charge is -2.16. The maximum Gasteiger partial charge on any atom is 0.220 e. The average Bonchev–Trinajstić information content (AvgIpc) is 2.49. The SMILES string of the molecule is Cc1ccc([C@@H](C)NC(=O)CCc2c(Cl)cccc2Cl)cc1C. The van der Waals surface area contributed by atoms with Crippen LogP contribution in [0, 0.1) is 13.8 Å². The van der Waals surface area contributed by atoms with Crippen molar-refractivity contribution >= 4 is 29.1 Å². The second-order valence-electron chi connectivity index (χ2n) is 5.83. The van der Waals surface area contributed by atoms with Crippen LogP contribution < -0.4 is 5.32 Å². The molecule has 0 bridgehead atoms. The molecular formula is C19H21Cl2NO. The van der Waals surface area contributed by atoms with Gasteiger partial charge in [-0.05, 0) is 61.6 Å². The van der Waals surface area contributed by atoms with Gasteiger partial charge in [-0.15, -0.1) is 0 Å². The van der Waals surface area contributed by atoms with Crippen molar-refractivity contribution in [1.29, 1.82) is 0 Å². The van der Waals surface area contributed by atoms with Crippen LogP contribution in [0.15, 0.2) is 36.4 Å². The highest BCUT2D eigenvalue weighted by Crippen LogP contribution is 2.25. The summed E-state index contributed by atoms with van der Waals surface area (Å²) in [5, 5.41) is 4.24. The van der Waals surface area contributed by atoms with Gasteiger partial charge in [-0.25, -0.2) is 0 Å². The lowest BCUT2D eigenvalue weighted by atomic mass is 10.0. The fourth-order valence-electron chi connectivity index (χ4n) is 2.44. The average molecular weight is 350 g/mol. The number of benzene rings is 2. The Morgan fingerprint density at radius 2 is 1.74 bits per heavy atom. The minimum Gasteiger partial charge on any atom is -0.350 e. The highest BCUT2D eigenvalue weighted by molar-refractivity contribution is 6.36. The molecule has 0 radical (unpaired) electrons. The van der Waals surface area contributed by atoms with Gasteiger partial charge in [0, 0.05) is 16.5 Å². The maximum absolute atomic E-state index is 12.2. The molecule has 0 aliphatic rings. The van der Waals surface area contributed by atoms with Crippen molar-refractivity contribution in [1.82, 2.24) is 5.32 Å². The molecule has 0 aliphatic carbocycles. The van der Waals surface area contributed by atoms with Crippen molar-refractivity contribution in [3.05, 3.63) is 68.7 Å². The second kappa shape index (κ2) is 7.85. The molecule has 0 saturated heterocycles. The standard InChI is InChI=1S/C19H21Cl2NO/c1-12-7-8-15(11-13(12)2)14(3)22-19(23)10-9-16-17(20)5-4-6-18(16)21/h4-8,11,14H,9-10H2,1-3H3,(H,22,23)/t14-/m1/s1. The van der Waals surface area contributed by atoms with E-state index in [-0.39, 0.29) is 11.9 Å². The van der Waals surface area contributed by atoms with E-state index in [9.17, 15) is 4.79 Å². The van der Waals surface area contributed by atoms with E-state index < -0.39 is 0 Å². The van der Waals surface area contributed by atoms with Crippen molar-refractivity contribution in [2.75, 3.05) is 0 Å². The van der Waals surface area contributed by atoms with Crippen molar-refractivity contribution in [3.8, 4) is 0 Å². The van der Waals surface area contributed by atoms with Crippen molar-refractivity contribution in [2.45, 2.75) is 39.7 Å². The molecule has 0 spiro atoms. The maximum atomic E-state index is 12.2. The Balaban J connectivity index is 1.95.